The number of aliphatic carboxylic acids is 1. The van der Waals surface area contributed by atoms with Gasteiger partial charge in [-0.3, -0.25) is 14.4 Å². The molecule has 1 fully saturated rings. The van der Waals surface area contributed by atoms with Crippen LogP contribution in [0.1, 0.15) is 41.6 Å². The first-order chi connectivity index (χ1) is 12.0. The number of hydrogen-bond acceptors (Lipinski definition) is 3. The quantitative estimate of drug-likeness (QED) is 0.774. The van der Waals surface area contributed by atoms with Crippen molar-refractivity contribution in [3.63, 3.8) is 0 Å². The Balaban J connectivity index is 1.90. The van der Waals surface area contributed by atoms with Crippen LogP contribution < -0.4 is 5.32 Å². The Morgan fingerprint density at radius 2 is 2.00 bits per heavy atom. The summed E-state index contributed by atoms with van der Waals surface area (Å²) < 4.78 is 0. The van der Waals surface area contributed by atoms with E-state index < -0.39 is 5.97 Å². The number of nitrogens with zero attached hydrogens (tertiary/aromatic N) is 1. The van der Waals surface area contributed by atoms with Crippen LogP contribution in [-0.4, -0.2) is 47.9 Å². The Kier molecular flexibility index (Phi) is 6.74. The maximum atomic E-state index is 12.3. The maximum Gasteiger partial charge on any atom is 0.303 e. The fourth-order valence-corrected chi connectivity index (χ4v) is 2.99. The van der Waals surface area contributed by atoms with E-state index in [0.29, 0.717) is 25.1 Å². The number of carbonyl (C=O) groups excluding carboxylic acids is 2. The molecule has 1 aliphatic heterocycles. The van der Waals surface area contributed by atoms with Crippen LogP contribution in [0.15, 0.2) is 30.3 Å². The lowest BCUT2D eigenvalue weighted by Crippen LogP contribution is -2.39. The summed E-state index contributed by atoms with van der Waals surface area (Å²) in [5, 5.41) is 11.3. The predicted octanol–water partition coefficient (Wildman–Crippen LogP) is 2.16. The SMILES string of the molecule is CNC(=O)c1ccc(C=CC(=O)N2CCCC(CCC(=O)O)C2)cc1. The molecule has 0 saturated carbocycles. The number of carboxylic acids is 1. The number of benzene rings is 1. The molecule has 25 heavy (non-hydrogen) atoms. The molecule has 1 aromatic carbocycles. The molecular weight excluding hydrogens is 320 g/mol. The Hall–Kier alpha value is -2.63. The van der Waals surface area contributed by atoms with E-state index in [0.717, 1.165) is 18.4 Å². The van der Waals surface area contributed by atoms with Crippen LogP contribution in [0, 0.1) is 5.92 Å². The molecule has 2 amide bonds. The molecule has 0 aliphatic carbocycles. The lowest BCUT2D eigenvalue weighted by molar-refractivity contribution is -0.137. The highest BCUT2D eigenvalue weighted by atomic mass is 16.4. The molecule has 2 rings (SSSR count). The Bertz CT molecular complexity index is 652. The number of carboxylic acid groups (broad SMARTS) is 1. The molecule has 0 bridgehead atoms. The summed E-state index contributed by atoms with van der Waals surface area (Å²) in [4.78, 5) is 36.3. The maximum absolute atomic E-state index is 12.3. The summed E-state index contributed by atoms with van der Waals surface area (Å²) in [6, 6.07) is 7.01. The summed E-state index contributed by atoms with van der Waals surface area (Å²) in [6.45, 7) is 1.33. The van der Waals surface area contributed by atoms with E-state index in [1.807, 2.05) is 0 Å². The molecule has 0 aromatic heterocycles. The largest absolute Gasteiger partial charge is 0.481 e. The standard InChI is InChI=1S/C19H24N2O4/c1-20-19(25)16-8-4-14(5-9-16)6-10-17(22)21-12-2-3-15(13-21)7-11-18(23)24/h4-6,8-10,15H,2-3,7,11-13H2,1H3,(H,20,25)(H,23,24). The summed E-state index contributed by atoms with van der Waals surface area (Å²) in [6.07, 6.45) is 5.92. The Morgan fingerprint density at radius 3 is 2.64 bits per heavy atom. The van der Waals surface area contributed by atoms with Gasteiger partial charge in [-0.2, -0.15) is 0 Å². The molecule has 0 radical (unpaired) electrons. The van der Waals surface area contributed by atoms with Crippen molar-refractivity contribution in [2.75, 3.05) is 20.1 Å². The van der Waals surface area contributed by atoms with Crippen molar-refractivity contribution in [2.45, 2.75) is 25.7 Å². The monoisotopic (exact) mass is 344 g/mol. The van der Waals surface area contributed by atoms with Crippen molar-refractivity contribution >= 4 is 23.9 Å². The van der Waals surface area contributed by atoms with Gasteiger partial charge in [-0.1, -0.05) is 12.1 Å². The number of nitrogens with one attached hydrogen (secondary N) is 1. The molecule has 0 spiro atoms. The second-order valence-electron chi connectivity index (χ2n) is 6.26. The van der Waals surface area contributed by atoms with Crippen LogP contribution in [0.5, 0.6) is 0 Å². The summed E-state index contributed by atoms with van der Waals surface area (Å²) in [5.74, 6) is -0.736. The van der Waals surface area contributed by atoms with E-state index in [-0.39, 0.29) is 24.2 Å². The van der Waals surface area contributed by atoms with E-state index >= 15 is 0 Å². The van der Waals surface area contributed by atoms with Gasteiger partial charge in [0.1, 0.15) is 0 Å². The average Bonchev–Trinajstić information content (AvgIpc) is 2.64. The summed E-state index contributed by atoms with van der Waals surface area (Å²) in [5.41, 5.74) is 1.42. The number of rotatable bonds is 6. The molecule has 1 atom stereocenters. The van der Waals surface area contributed by atoms with Crippen LogP contribution in [0.2, 0.25) is 0 Å². The van der Waals surface area contributed by atoms with Gasteiger partial charge in [-0.25, -0.2) is 0 Å². The van der Waals surface area contributed by atoms with Gasteiger partial charge in [0.25, 0.3) is 5.91 Å². The second kappa shape index (κ2) is 9.01. The number of piperidine rings is 1. The van der Waals surface area contributed by atoms with Gasteiger partial charge >= 0.3 is 5.97 Å². The Morgan fingerprint density at radius 1 is 1.28 bits per heavy atom. The van der Waals surface area contributed by atoms with E-state index in [1.165, 1.54) is 6.08 Å². The molecule has 134 valence electrons. The van der Waals surface area contributed by atoms with Crippen LogP contribution in [0.25, 0.3) is 6.08 Å². The van der Waals surface area contributed by atoms with Gasteiger partial charge in [0.2, 0.25) is 5.91 Å². The van der Waals surface area contributed by atoms with Gasteiger partial charge in [-0.15, -0.1) is 0 Å². The first-order valence-electron chi connectivity index (χ1n) is 8.50. The summed E-state index contributed by atoms with van der Waals surface area (Å²) in [7, 11) is 1.58. The molecule has 1 aliphatic rings. The van der Waals surface area contributed by atoms with Gasteiger partial charge < -0.3 is 15.3 Å². The van der Waals surface area contributed by atoms with Crippen molar-refractivity contribution in [1.29, 1.82) is 0 Å². The highest BCUT2D eigenvalue weighted by molar-refractivity contribution is 5.94. The zero-order valence-corrected chi connectivity index (χ0v) is 14.4. The van der Waals surface area contributed by atoms with Gasteiger partial charge in [0.05, 0.1) is 0 Å². The predicted molar refractivity (Wildman–Crippen MR) is 95.0 cm³/mol. The smallest absolute Gasteiger partial charge is 0.303 e. The topological polar surface area (TPSA) is 86.7 Å². The van der Waals surface area contributed by atoms with Crippen molar-refractivity contribution in [1.82, 2.24) is 10.2 Å². The fraction of sp³-hybridized carbons (Fsp3) is 0.421. The van der Waals surface area contributed by atoms with Gasteiger partial charge in [-0.05, 0) is 49.0 Å². The number of carbonyl (C=O) groups is 3. The lowest BCUT2D eigenvalue weighted by Gasteiger charge is -2.32. The zero-order valence-electron chi connectivity index (χ0n) is 14.4. The van der Waals surface area contributed by atoms with Gasteiger partial charge in [0.15, 0.2) is 0 Å². The normalized spacial score (nSPS) is 17.5. The lowest BCUT2D eigenvalue weighted by atomic mass is 9.93. The van der Waals surface area contributed by atoms with Crippen LogP contribution in [0.4, 0.5) is 0 Å². The second-order valence-corrected chi connectivity index (χ2v) is 6.26. The molecule has 1 saturated heterocycles. The molecule has 6 heteroatoms. The highest BCUT2D eigenvalue weighted by Gasteiger charge is 2.22. The molecule has 1 aromatic rings. The molecule has 1 unspecified atom stereocenters. The van der Waals surface area contributed by atoms with Crippen LogP contribution >= 0.6 is 0 Å². The molecule has 2 N–H and O–H groups in total. The van der Waals surface area contributed by atoms with Crippen molar-refractivity contribution in [3.05, 3.63) is 41.5 Å². The molecule has 1 heterocycles. The molecule has 6 nitrogen and oxygen atoms in total. The fourth-order valence-electron chi connectivity index (χ4n) is 2.99. The van der Waals surface area contributed by atoms with Crippen molar-refractivity contribution < 1.29 is 19.5 Å². The zero-order chi connectivity index (χ0) is 18.2. The van der Waals surface area contributed by atoms with Crippen LogP contribution in [-0.2, 0) is 9.59 Å². The third-order valence-corrected chi connectivity index (χ3v) is 4.42. The van der Waals surface area contributed by atoms with Crippen molar-refractivity contribution in [2.24, 2.45) is 5.92 Å². The van der Waals surface area contributed by atoms with Gasteiger partial charge in [0, 0.05) is 38.2 Å². The number of amides is 2. The van der Waals surface area contributed by atoms with Crippen LogP contribution in [0.3, 0.4) is 0 Å². The Labute approximate surface area is 147 Å². The number of likely N-dealkylation sites (tertiary alicyclic amines) is 1. The minimum atomic E-state index is -0.788. The van der Waals surface area contributed by atoms with Crippen molar-refractivity contribution in [3.8, 4) is 0 Å². The first kappa shape index (κ1) is 18.7. The van der Waals surface area contributed by atoms with E-state index in [9.17, 15) is 14.4 Å². The molecular formula is C19H24N2O4. The summed E-state index contributed by atoms with van der Waals surface area (Å²) >= 11 is 0. The first-order valence-corrected chi connectivity index (χ1v) is 8.50. The minimum Gasteiger partial charge on any atom is -0.481 e. The van der Waals surface area contributed by atoms with E-state index in [2.05, 4.69) is 5.32 Å². The number of hydrogen-bond donors (Lipinski definition) is 2. The van der Waals surface area contributed by atoms with E-state index in [4.69, 9.17) is 5.11 Å². The van der Waals surface area contributed by atoms with E-state index in [1.54, 1.807) is 42.3 Å². The third kappa shape index (κ3) is 5.74. The third-order valence-electron chi connectivity index (χ3n) is 4.42. The highest BCUT2D eigenvalue weighted by Crippen LogP contribution is 2.21. The average molecular weight is 344 g/mol. The minimum absolute atomic E-state index is 0.0598.